The predicted molar refractivity (Wildman–Crippen MR) is 142 cm³/mol. The molecule has 4 rings (SSSR count). The molecule has 0 saturated carbocycles. The number of nitrogens with one attached hydrogen (secondary N) is 2. The first-order chi connectivity index (χ1) is 18.3. The van der Waals surface area contributed by atoms with Crippen LogP contribution in [0.2, 0.25) is 0 Å². The summed E-state index contributed by atoms with van der Waals surface area (Å²) in [7, 11) is 0. The van der Waals surface area contributed by atoms with Gasteiger partial charge in [-0.3, -0.25) is 19.2 Å². The third-order valence-corrected chi connectivity index (χ3v) is 7.16. The summed E-state index contributed by atoms with van der Waals surface area (Å²) >= 11 is 0. The van der Waals surface area contributed by atoms with Gasteiger partial charge in [-0.15, -0.1) is 0 Å². The van der Waals surface area contributed by atoms with E-state index in [0.717, 1.165) is 0 Å². The first kappa shape index (κ1) is 27.6. The number of aromatic nitrogens is 2. The minimum Gasteiger partial charge on any atom is -0.507 e. The highest BCUT2D eigenvalue weighted by Crippen LogP contribution is 2.57. The molecule has 1 aliphatic carbocycles. The summed E-state index contributed by atoms with van der Waals surface area (Å²) < 4.78 is 7.47. The Balaban J connectivity index is 1.53. The number of carbonyl (C=O) groups excluding carboxylic acids is 4. The third kappa shape index (κ3) is 4.47. The van der Waals surface area contributed by atoms with Gasteiger partial charge in [0.25, 0.3) is 0 Å². The molecule has 1 aromatic carbocycles. The van der Waals surface area contributed by atoms with E-state index in [1.807, 2.05) is 13.8 Å². The lowest BCUT2D eigenvalue weighted by Crippen LogP contribution is -2.41. The average Bonchev–Trinajstić information content (AvgIpc) is 3.43. The molecule has 1 unspecified atom stereocenters. The van der Waals surface area contributed by atoms with Gasteiger partial charge in [0.05, 0.1) is 17.3 Å². The van der Waals surface area contributed by atoms with Crippen LogP contribution in [0.15, 0.2) is 35.4 Å². The van der Waals surface area contributed by atoms with Crippen molar-refractivity contribution in [1.29, 1.82) is 0 Å². The summed E-state index contributed by atoms with van der Waals surface area (Å²) in [4.78, 5) is 51.5. The van der Waals surface area contributed by atoms with E-state index in [-0.39, 0.29) is 57.9 Å². The Kier molecular flexibility index (Phi) is 7.12. The first-order valence-corrected chi connectivity index (χ1v) is 12.7. The number of fused-ring (bicyclic) bond motifs is 3. The van der Waals surface area contributed by atoms with Gasteiger partial charge in [-0.1, -0.05) is 0 Å². The van der Waals surface area contributed by atoms with Gasteiger partial charge >= 0.3 is 0 Å². The Labute approximate surface area is 225 Å². The number of nitrogens with zero attached hydrogens (tertiary/aromatic N) is 2. The SMILES string of the molecule is CC(=O)c1c(O)c(C)c(O)c2c1OC1=CC(=O)C(=C(C)NCCCC(=O)Nc3ccnn3C(C)C)C(=O)C12C. The Morgan fingerprint density at radius 2 is 1.87 bits per heavy atom. The monoisotopic (exact) mass is 536 g/mol. The highest BCUT2D eigenvalue weighted by molar-refractivity contribution is 6.31. The zero-order chi connectivity index (χ0) is 28.8. The van der Waals surface area contributed by atoms with Crippen molar-refractivity contribution in [2.75, 3.05) is 11.9 Å². The maximum absolute atomic E-state index is 13.8. The summed E-state index contributed by atoms with van der Waals surface area (Å²) in [5.41, 5.74) is -1.47. The molecule has 206 valence electrons. The van der Waals surface area contributed by atoms with E-state index in [0.29, 0.717) is 24.5 Å². The quantitative estimate of drug-likeness (QED) is 0.172. The Hall–Kier alpha value is -4.41. The topological polar surface area (TPSA) is 160 Å². The molecule has 0 saturated heterocycles. The number of anilines is 1. The number of hydrogen-bond donors (Lipinski definition) is 4. The van der Waals surface area contributed by atoms with E-state index in [1.165, 1.54) is 26.8 Å². The van der Waals surface area contributed by atoms with Crippen LogP contribution >= 0.6 is 0 Å². The van der Waals surface area contributed by atoms with Gasteiger partial charge in [0, 0.05) is 42.4 Å². The molecule has 39 heavy (non-hydrogen) atoms. The van der Waals surface area contributed by atoms with Gasteiger partial charge in [0.1, 0.15) is 39.8 Å². The summed E-state index contributed by atoms with van der Waals surface area (Å²) in [6.45, 7) is 10.0. The highest BCUT2D eigenvalue weighted by atomic mass is 16.5. The third-order valence-electron chi connectivity index (χ3n) is 7.16. The van der Waals surface area contributed by atoms with Crippen LogP contribution in [-0.2, 0) is 19.8 Å². The molecule has 1 amide bonds. The average molecular weight is 537 g/mol. The molecule has 0 radical (unpaired) electrons. The van der Waals surface area contributed by atoms with Crippen molar-refractivity contribution < 1.29 is 34.1 Å². The van der Waals surface area contributed by atoms with Crippen LogP contribution in [-0.4, -0.2) is 49.8 Å². The van der Waals surface area contributed by atoms with Crippen LogP contribution in [0.5, 0.6) is 17.2 Å². The molecular formula is C28H32N4O7. The second kappa shape index (κ2) is 10.0. The molecule has 0 spiro atoms. The fraction of sp³-hybridized carbons (Fsp3) is 0.393. The molecule has 2 aliphatic rings. The molecule has 2 aromatic rings. The number of amides is 1. The minimum absolute atomic E-state index is 0.0239. The van der Waals surface area contributed by atoms with E-state index in [9.17, 15) is 29.4 Å². The number of ketones is 3. The minimum atomic E-state index is -1.58. The standard InChI is InChI=1S/C28H32N4O7/c1-13(2)32-19(9-11-30-32)31-20(35)8-7-10-29-15(4)21-17(34)12-18-28(6,27(21)38)23-25(37)14(3)24(36)22(16(5)33)26(23)39-18/h9,11-13,29,36-37H,7-8,10H2,1-6H3,(H,31,35). The number of hydrogen-bond acceptors (Lipinski definition) is 9. The summed E-state index contributed by atoms with van der Waals surface area (Å²) in [5.74, 6) is -2.27. The second-order valence-corrected chi connectivity index (χ2v) is 10.2. The number of ether oxygens (including phenoxy) is 1. The van der Waals surface area contributed by atoms with Crippen molar-refractivity contribution in [2.24, 2.45) is 0 Å². The molecule has 1 aromatic heterocycles. The lowest BCUT2D eigenvalue weighted by atomic mass is 9.70. The fourth-order valence-electron chi connectivity index (χ4n) is 5.01. The number of Topliss-reactive ketones (excluding diaryl/α,β-unsaturated/α-hetero) is 2. The molecule has 11 heteroatoms. The van der Waals surface area contributed by atoms with Crippen LogP contribution in [0.3, 0.4) is 0 Å². The van der Waals surface area contributed by atoms with Gasteiger partial charge < -0.3 is 25.6 Å². The van der Waals surface area contributed by atoms with Crippen LogP contribution in [0.25, 0.3) is 0 Å². The zero-order valence-corrected chi connectivity index (χ0v) is 22.8. The van der Waals surface area contributed by atoms with Crippen molar-refractivity contribution in [3.8, 4) is 17.2 Å². The molecule has 4 N–H and O–H groups in total. The van der Waals surface area contributed by atoms with Crippen molar-refractivity contribution in [3.63, 3.8) is 0 Å². The van der Waals surface area contributed by atoms with Gasteiger partial charge in [-0.05, 0) is 48.0 Å². The molecule has 2 heterocycles. The molecule has 0 bridgehead atoms. The highest BCUT2D eigenvalue weighted by Gasteiger charge is 2.56. The zero-order valence-electron chi connectivity index (χ0n) is 22.8. The van der Waals surface area contributed by atoms with Gasteiger partial charge in [-0.25, -0.2) is 4.68 Å². The van der Waals surface area contributed by atoms with E-state index in [2.05, 4.69) is 15.7 Å². The summed E-state index contributed by atoms with van der Waals surface area (Å²) in [6.07, 6.45) is 3.42. The van der Waals surface area contributed by atoms with E-state index >= 15 is 0 Å². The van der Waals surface area contributed by atoms with Crippen LogP contribution in [0.1, 0.15) is 75.0 Å². The lowest BCUT2D eigenvalue weighted by Gasteiger charge is -2.29. The number of rotatable bonds is 8. The molecular weight excluding hydrogens is 504 g/mol. The largest absolute Gasteiger partial charge is 0.507 e. The maximum atomic E-state index is 13.8. The second-order valence-electron chi connectivity index (χ2n) is 10.2. The predicted octanol–water partition coefficient (Wildman–Crippen LogP) is 3.35. The van der Waals surface area contributed by atoms with Gasteiger partial charge in [0.15, 0.2) is 17.3 Å². The smallest absolute Gasteiger partial charge is 0.225 e. The number of phenolic OH excluding ortho intramolecular Hbond substituents is 2. The maximum Gasteiger partial charge on any atom is 0.225 e. The summed E-state index contributed by atoms with van der Waals surface area (Å²) in [5, 5.41) is 31.4. The van der Waals surface area contributed by atoms with Crippen molar-refractivity contribution >= 4 is 29.1 Å². The van der Waals surface area contributed by atoms with Gasteiger partial charge in [0.2, 0.25) is 5.91 Å². The van der Waals surface area contributed by atoms with Crippen molar-refractivity contribution in [2.45, 2.75) is 65.8 Å². The molecule has 1 atom stereocenters. The molecule has 11 nitrogen and oxygen atoms in total. The number of allylic oxidation sites excluding steroid dienone is 4. The Morgan fingerprint density at radius 3 is 2.51 bits per heavy atom. The number of carbonyl (C=O) groups is 4. The van der Waals surface area contributed by atoms with E-state index < -0.39 is 28.5 Å². The Morgan fingerprint density at radius 1 is 1.18 bits per heavy atom. The number of benzene rings is 1. The first-order valence-electron chi connectivity index (χ1n) is 12.7. The molecule has 1 aliphatic heterocycles. The fourth-order valence-corrected chi connectivity index (χ4v) is 5.01. The van der Waals surface area contributed by atoms with Crippen molar-refractivity contribution in [3.05, 3.63) is 52.1 Å². The van der Waals surface area contributed by atoms with Crippen LogP contribution in [0.4, 0.5) is 5.82 Å². The van der Waals surface area contributed by atoms with Crippen LogP contribution in [0, 0.1) is 6.92 Å². The summed E-state index contributed by atoms with van der Waals surface area (Å²) in [6, 6.07) is 1.81. The van der Waals surface area contributed by atoms with Gasteiger partial charge in [-0.2, -0.15) is 5.10 Å². The molecule has 0 fully saturated rings. The van der Waals surface area contributed by atoms with Crippen molar-refractivity contribution in [1.82, 2.24) is 15.1 Å². The number of phenols is 2. The van der Waals surface area contributed by atoms with E-state index in [1.54, 1.807) is 23.9 Å². The van der Waals surface area contributed by atoms with Crippen LogP contribution < -0.4 is 15.4 Å². The number of aromatic hydroxyl groups is 2. The lowest BCUT2D eigenvalue weighted by molar-refractivity contribution is -0.123. The Bertz CT molecular complexity index is 1480. The van der Waals surface area contributed by atoms with E-state index in [4.69, 9.17) is 4.74 Å². The normalized spacial score (nSPS) is 19.3.